The number of rotatable bonds is 13. The van der Waals surface area contributed by atoms with E-state index in [0.29, 0.717) is 54.6 Å². The molecule has 1 N–H and O–H groups in total. The van der Waals surface area contributed by atoms with Crippen LogP contribution in [-0.2, 0) is 4.79 Å². The molecule has 2 heterocycles. The molecule has 46 heavy (non-hydrogen) atoms. The molecule has 244 valence electrons. The van der Waals surface area contributed by atoms with Crippen molar-refractivity contribution in [2.75, 3.05) is 72.5 Å². The molecule has 0 aromatic heterocycles. The molecule has 10 heteroatoms. The third-order valence-electron chi connectivity index (χ3n) is 8.95. The summed E-state index contributed by atoms with van der Waals surface area (Å²) in [4.78, 5) is 48.5. The molecule has 1 fully saturated rings. The molecule has 0 saturated carbocycles. The van der Waals surface area contributed by atoms with E-state index in [9.17, 15) is 14.4 Å². The fourth-order valence-electron chi connectivity index (χ4n) is 6.50. The maximum Gasteiger partial charge on any atom is 0.264 e. The first-order chi connectivity index (χ1) is 22.2. The zero-order valence-corrected chi connectivity index (χ0v) is 27.5. The van der Waals surface area contributed by atoms with Crippen molar-refractivity contribution in [2.45, 2.75) is 31.8 Å². The molecule has 0 radical (unpaired) electrons. The normalized spacial score (nSPS) is 16.4. The Morgan fingerprint density at radius 2 is 1.59 bits per heavy atom. The lowest BCUT2D eigenvalue weighted by molar-refractivity contribution is -0.121. The molecular weight excluding hydrogens is 582 g/mol. The second kappa shape index (κ2) is 14.8. The minimum absolute atomic E-state index is 0.0729. The van der Waals surface area contributed by atoms with E-state index in [2.05, 4.69) is 46.3 Å². The molecule has 3 amide bonds. The number of methoxy groups -OCH3 is 2. The molecular formula is C36H45N5O5. The van der Waals surface area contributed by atoms with Crippen LogP contribution in [-0.4, -0.2) is 100 Å². The van der Waals surface area contributed by atoms with Crippen LogP contribution in [0.5, 0.6) is 11.5 Å². The lowest BCUT2D eigenvalue weighted by atomic mass is 9.99. The Morgan fingerprint density at radius 1 is 0.870 bits per heavy atom. The van der Waals surface area contributed by atoms with Gasteiger partial charge in [-0.1, -0.05) is 42.5 Å². The lowest BCUT2D eigenvalue weighted by Gasteiger charge is -2.39. The number of anilines is 1. The second-order valence-corrected chi connectivity index (χ2v) is 12.1. The van der Waals surface area contributed by atoms with Gasteiger partial charge in [-0.3, -0.25) is 24.2 Å². The Labute approximate surface area is 271 Å². The summed E-state index contributed by atoms with van der Waals surface area (Å²) in [5.74, 6) is 0.397. The summed E-state index contributed by atoms with van der Waals surface area (Å²) in [7, 11) is 6.81. The number of nitrogens with one attached hydrogen (secondary N) is 1. The predicted molar refractivity (Wildman–Crippen MR) is 179 cm³/mol. The highest BCUT2D eigenvalue weighted by molar-refractivity contribution is 6.24. The molecule has 0 bridgehead atoms. The highest BCUT2D eigenvalue weighted by Gasteiger charge is 2.43. The first-order valence-corrected chi connectivity index (χ1v) is 15.9. The average Bonchev–Trinajstić information content (AvgIpc) is 3.33. The van der Waals surface area contributed by atoms with Crippen molar-refractivity contribution < 1.29 is 23.9 Å². The van der Waals surface area contributed by atoms with E-state index in [1.54, 1.807) is 26.4 Å². The molecule has 2 atom stereocenters. The van der Waals surface area contributed by atoms with Crippen molar-refractivity contribution >= 4 is 23.4 Å². The van der Waals surface area contributed by atoms with Gasteiger partial charge in [0, 0.05) is 38.8 Å². The van der Waals surface area contributed by atoms with Crippen molar-refractivity contribution in [1.29, 1.82) is 0 Å². The van der Waals surface area contributed by atoms with Crippen molar-refractivity contribution in [3.05, 3.63) is 89.0 Å². The SMILES string of the molecule is COc1ccc([C@@H](CCCNC(=O)CN(C)C)N2C(=O)c3cccc(N4CCN(C(C)c5ccccc5)CC4)c3C2=O)cc1OC. The van der Waals surface area contributed by atoms with Crippen LogP contribution in [0.3, 0.4) is 0 Å². The van der Waals surface area contributed by atoms with Crippen molar-refractivity contribution in [1.82, 2.24) is 20.0 Å². The molecule has 0 spiro atoms. The van der Waals surface area contributed by atoms with Gasteiger partial charge in [0.05, 0.1) is 43.6 Å². The Kier molecular flexibility index (Phi) is 10.6. The number of carbonyl (C=O) groups excluding carboxylic acids is 3. The second-order valence-electron chi connectivity index (χ2n) is 12.1. The fraction of sp³-hybridized carbons (Fsp3) is 0.417. The van der Waals surface area contributed by atoms with Gasteiger partial charge in [0.1, 0.15) is 0 Å². The summed E-state index contributed by atoms with van der Waals surface area (Å²) >= 11 is 0. The number of imide groups is 1. The standard InChI is InChI=1S/C36H45N5O5/c1-25(26-11-7-6-8-12-26)39-19-21-40(22-20-39)30-14-9-13-28-34(30)36(44)41(35(28)43)29(15-10-18-37-33(42)24-38(2)3)27-16-17-31(45-4)32(23-27)46-5/h6-9,11-14,16-17,23,25,29H,10,15,18-22,24H2,1-5H3,(H,37,42)/t25?,29-/m1/s1. The highest BCUT2D eigenvalue weighted by atomic mass is 16.5. The third-order valence-corrected chi connectivity index (χ3v) is 8.95. The molecule has 5 rings (SSSR count). The van der Waals surface area contributed by atoms with Gasteiger partial charge in [-0.05, 0) is 69.3 Å². The van der Waals surface area contributed by atoms with Gasteiger partial charge in [-0.15, -0.1) is 0 Å². The molecule has 3 aromatic rings. The number of likely N-dealkylation sites (N-methyl/N-ethyl adjacent to an activating group) is 1. The number of hydrogen-bond donors (Lipinski definition) is 1. The quantitative estimate of drug-likeness (QED) is 0.221. The predicted octanol–water partition coefficient (Wildman–Crippen LogP) is 4.38. The van der Waals surface area contributed by atoms with Crippen LogP contribution in [0.1, 0.15) is 63.7 Å². The number of ether oxygens (including phenoxy) is 2. The summed E-state index contributed by atoms with van der Waals surface area (Å²) in [5, 5.41) is 2.94. The Morgan fingerprint density at radius 3 is 2.26 bits per heavy atom. The van der Waals surface area contributed by atoms with Crippen LogP contribution in [0.25, 0.3) is 0 Å². The van der Waals surface area contributed by atoms with Crippen molar-refractivity contribution in [2.24, 2.45) is 0 Å². The summed E-state index contributed by atoms with van der Waals surface area (Å²) < 4.78 is 11.0. The first-order valence-electron chi connectivity index (χ1n) is 15.9. The maximum absolute atomic E-state index is 14.3. The molecule has 2 aliphatic rings. The lowest BCUT2D eigenvalue weighted by Crippen LogP contribution is -2.47. The van der Waals surface area contributed by atoms with Gasteiger partial charge in [-0.25, -0.2) is 0 Å². The smallest absolute Gasteiger partial charge is 0.264 e. The van der Waals surface area contributed by atoms with E-state index < -0.39 is 6.04 Å². The number of hydrogen-bond acceptors (Lipinski definition) is 8. The van der Waals surface area contributed by atoms with Crippen LogP contribution < -0.4 is 19.7 Å². The zero-order chi connectivity index (χ0) is 32.8. The van der Waals surface area contributed by atoms with Gasteiger partial charge in [-0.2, -0.15) is 0 Å². The first kappa shape index (κ1) is 33.0. The van der Waals surface area contributed by atoms with Gasteiger partial charge in [0.2, 0.25) is 5.91 Å². The van der Waals surface area contributed by atoms with Crippen molar-refractivity contribution in [3.8, 4) is 11.5 Å². The number of amides is 3. The highest BCUT2D eigenvalue weighted by Crippen LogP contribution is 2.40. The average molecular weight is 628 g/mol. The summed E-state index contributed by atoms with van der Waals surface area (Å²) in [6.07, 6.45) is 1.04. The minimum Gasteiger partial charge on any atom is -0.493 e. The molecule has 2 aliphatic heterocycles. The molecule has 1 unspecified atom stereocenters. The monoisotopic (exact) mass is 627 g/mol. The van der Waals surface area contributed by atoms with Crippen LogP contribution in [0.2, 0.25) is 0 Å². The summed E-state index contributed by atoms with van der Waals surface area (Å²) in [6, 6.07) is 21.3. The van der Waals surface area contributed by atoms with E-state index in [0.717, 1.165) is 37.4 Å². The molecule has 1 saturated heterocycles. The van der Waals surface area contributed by atoms with Gasteiger partial charge in [0.25, 0.3) is 11.8 Å². The minimum atomic E-state index is -0.561. The third kappa shape index (κ3) is 7.03. The Hall–Kier alpha value is -4.41. The zero-order valence-electron chi connectivity index (χ0n) is 27.5. The van der Waals surface area contributed by atoms with Crippen LogP contribution in [0.15, 0.2) is 66.7 Å². The number of piperazine rings is 1. The van der Waals surface area contributed by atoms with E-state index >= 15 is 0 Å². The number of benzene rings is 3. The number of nitrogens with zero attached hydrogens (tertiary/aromatic N) is 4. The topological polar surface area (TPSA) is 94.7 Å². The Balaban J connectivity index is 1.37. The van der Waals surface area contributed by atoms with Crippen LogP contribution in [0.4, 0.5) is 5.69 Å². The van der Waals surface area contributed by atoms with Crippen LogP contribution >= 0.6 is 0 Å². The van der Waals surface area contributed by atoms with Crippen LogP contribution in [0, 0.1) is 0 Å². The van der Waals surface area contributed by atoms with E-state index in [-0.39, 0.29) is 17.7 Å². The molecule has 3 aromatic carbocycles. The molecule has 10 nitrogen and oxygen atoms in total. The van der Waals surface area contributed by atoms with E-state index in [4.69, 9.17) is 9.47 Å². The van der Waals surface area contributed by atoms with Gasteiger partial charge in [0.15, 0.2) is 11.5 Å². The summed E-state index contributed by atoms with van der Waals surface area (Å²) in [6.45, 7) is 6.14. The number of fused-ring (bicyclic) bond motifs is 1. The largest absolute Gasteiger partial charge is 0.493 e. The van der Waals surface area contributed by atoms with Gasteiger partial charge < -0.3 is 24.6 Å². The van der Waals surface area contributed by atoms with E-state index in [1.807, 2.05) is 49.3 Å². The van der Waals surface area contributed by atoms with Gasteiger partial charge >= 0.3 is 0 Å². The summed E-state index contributed by atoms with van der Waals surface area (Å²) in [5.41, 5.74) is 3.73. The van der Waals surface area contributed by atoms with Crippen molar-refractivity contribution in [3.63, 3.8) is 0 Å². The molecule has 0 aliphatic carbocycles. The van der Waals surface area contributed by atoms with E-state index in [1.165, 1.54) is 10.5 Å². The maximum atomic E-state index is 14.3. The Bertz CT molecular complexity index is 1540. The number of carbonyl (C=O) groups is 3. The fourth-order valence-corrected chi connectivity index (χ4v) is 6.50.